The minimum absolute atomic E-state index is 0.122. The largest absolute Gasteiger partial charge is 0.336 e. The number of amides is 1. The third kappa shape index (κ3) is 4.14. The van der Waals surface area contributed by atoms with Gasteiger partial charge in [0.25, 0.3) is 15.9 Å². The minimum Gasteiger partial charge on any atom is -0.336 e. The Balaban J connectivity index is 1.89. The fourth-order valence-electron chi connectivity index (χ4n) is 3.19. The molecule has 0 unspecified atom stereocenters. The summed E-state index contributed by atoms with van der Waals surface area (Å²) < 4.78 is 27.7. The summed E-state index contributed by atoms with van der Waals surface area (Å²) in [4.78, 5) is 16.9. The monoisotopic (exact) mass is 387 g/mol. The molecule has 1 heterocycles. The Morgan fingerprint density at radius 3 is 2.30 bits per heavy atom. The average Bonchev–Trinajstić information content (AvgIpc) is 2.69. The van der Waals surface area contributed by atoms with Crippen LogP contribution in [0, 0.1) is 0 Å². The van der Waals surface area contributed by atoms with Crippen LogP contribution in [0.1, 0.15) is 17.3 Å². The molecular weight excluding hydrogens is 362 g/mol. The van der Waals surface area contributed by atoms with Gasteiger partial charge in [-0.05, 0) is 44.3 Å². The highest BCUT2D eigenvalue weighted by molar-refractivity contribution is 7.92. The smallest absolute Gasteiger partial charge is 0.264 e. The number of sulfonamides is 1. The molecule has 0 N–H and O–H groups in total. The van der Waals surface area contributed by atoms with Gasteiger partial charge < -0.3 is 9.80 Å². The third-order valence-electron chi connectivity index (χ3n) is 4.79. The molecule has 0 aromatic heterocycles. The molecule has 7 heteroatoms. The van der Waals surface area contributed by atoms with Crippen LogP contribution in [0.2, 0.25) is 0 Å². The number of carbonyl (C=O) groups excluding carboxylic acids is 1. The van der Waals surface area contributed by atoms with Gasteiger partial charge in [0.05, 0.1) is 10.6 Å². The van der Waals surface area contributed by atoms with Gasteiger partial charge in [0.2, 0.25) is 0 Å². The van der Waals surface area contributed by atoms with Crippen molar-refractivity contribution in [3.05, 3.63) is 60.2 Å². The zero-order chi connectivity index (χ0) is 19.4. The van der Waals surface area contributed by atoms with E-state index in [1.165, 1.54) is 10.4 Å². The minimum atomic E-state index is -3.75. The highest BCUT2D eigenvalue weighted by atomic mass is 32.2. The number of carbonyl (C=O) groups is 1. The number of hydrogen-bond acceptors (Lipinski definition) is 4. The lowest BCUT2D eigenvalue weighted by molar-refractivity contribution is 0.0664. The summed E-state index contributed by atoms with van der Waals surface area (Å²) in [6.45, 7) is 5.05. The van der Waals surface area contributed by atoms with Crippen molar-refractivity contribution in [2.75, 3.05) is 44.1 Å². The van der Waals surface area contributed by atoms with Crippen molar-refractivity contribution in [3.63, 3.8) is 0 Å². The summed E-state index contributed by atoms with van der Waals surface area (Å²) in [6, 6.07) is 15.3. The van der Waals surface area contributed by atoms with Crippen LogP contribution in [-0.2, 0) is 10.0 Å². The van der Waals surface area contributed by atoms with Crippen LogP contribution in [-0.4, -0.2) is 63.9 Å². The second-order valence-corrected chi connectivity index (χ2v) is 8.49. The molecule has 1 fully saturated rings. The highest BCUT2D eigenvalue weighted by Crippen LogP contribution is 2.24. The summed E-state index contributed by atoms with van der Waals surface area (Å²) in [6.07, 6.45) is 0. The maximum absolute atomic E-state index is 13.2. The summed E-state index contributed by atoms with van der Waals surface area (Å²) in [5.74, 6) is -0.122. The second kappa shape index (κ2) is 8.10. The van der Waals surface area contributed by atoms with E-state index in [4.69, 9.17) is 0 Å². The van der Waals surface area contributed by atoms with Crippen molar-refractivity contribution in [1.29, 1.82) is 0 Å². The van der Waals surface area contributed by atoms with Crippen molar-refractivity contribution in [3.8, 4) is 0 Å². The molecular formula is C20H25N3O3S. The molecule has 1 amide bonds. The van der Waals surface area contributed by atoms with Gasteiger partial charge >= 0.3 is 0 Å². The van der Waals surface area contributed by atoms with Crippen LogP contribution in [0.25, 0.3) is 0 Å². The number of nitrogens with zero attached hydrogens (tertiary/aromatic N) is 3. The molecule has 2 aromatic rings. The lowest BCUT2D eigenvalue weighted by atomic mass is 10.2. The zero-order valence-electron chi connectivity index (χ0n) is 15.7. The third-order valence-corrected chi connectivity index (χ3v) is 6.69. The van der Waals surface area contributed by atoms with E-state index in [1.54, 1.807) is 54.3 Å². The number of benzene rings is 2. The quantitative estimate of drug-likeness (QED) is 0.790. The van der Waals surface area contributed by atoms with Gasteiger partial charge in [-0.25, -0.2) is 8.42 Å². The van der Waals surface area contributed by atoms with Crippen LogP contribution in [0.4, 0.5) is 5.69 Å². The van der Waals surface area contributed by atoms with Crippen molar-refractivity contribution in [2.24, 2.45) is 0 Å². The van der Waals surface area contributed by atoms with E-state index in [0.717, 1.165) is 13.1 Å². The van der Waals surface area contributed by atoms with Crippen molar-refractivity contribution in [1.82, 2.24) is 9.80 Å². The Kier molecular flexibility index (Phi) is 5.82. The molecule has 1 aliphatic heterocycles. The fraction of sp³-hybridized carbons (Fsp3) is 0.350. The van der Waals surface area contributed by atoms with Crippen molar-refractivity contribution in [2.45, 2.75) is 11.8 Å². The van der Waals surface area contributed by atoms with E-state index >= 15 is 0 Å². The fourth-order valence-corrected chi connectivity index (χ4v) is 4.71. The van der Waals surface area contributed by atoms with Gasteiger partial charge in [0.15, 0.2) is 0 Å². The molecule has 1 saturated heterocycles. The van der Waals surface area contributed by atoms with Crippen LogP contribution < -0.4 is 4.31 Å². The zero-order valence-corrected chi connectivity index (χ0v) is 16.5. The summed E-state index contributed by atoms with van der Waals surface area (Å²) in [5, 5.41) is 0. The number of anilines is 1. The Morgan fingerprint density at radius 1 is 1.00 bits per heavy atom. The Labute approximate surface area is 161 Å². The second-order valence-electron chi connectivity index (χ2n) is 6.63. The normalized spacial score (nSPS) is 15.6. The standard InChI is InChI=1S/C20H25N3O3S/c1-3-23(18-9-5-4-6-10-18)27(25,26)19-11-7-8-17(16-19)20(24)22-14-12-21(2)13-15-22/h4-11,16H,3,12-15H2,1-2H3. The molecule has 0 saturated carbocycles. The van der Waals surface area contributed by atoms with E-state index in [1.807, 2.05) is 13.1 Å². The molecule has 1 aliphatic rings. The average molecular weight is 388 g/mol. The van der Waals surface area contributed by atoms with Gasteiger partial charge in [-0.15, -0.1) is 0 Å². The highest BCUT2D eigenvalue weighted by Gasteiger charge is 2.26. The lowest BCUT2D eigenvalue weighted by Gasteiger charge is -2.32. The van der Waals surface area contributed by atoms with Crippen LogP contribution >= 0.6 is 0 Å². The molecule has 6 nitrogen and oxygen atoms in total. The molecule has 0 spiro atoms. The summed E-state index contributed by atoms with van der Waals surface area (Å²) in [5.41, 5.74) is 1.01. The van der Waals surface area contributed by atoms with Gasteiger partial charge in [-0.2, -0.15) is 0 Å². The molecule has 0 radical (unpaired) electrons. The van der Waals surface area contributed by atoms with Crippen LogP contribution in [0.3, 0.4) is 0 Å². The van der Waals surface area contributed by atoms with E-state index in [-0.39, 0.29) is 10.8 Å². The number of hydrogen-bond donors (Lipinski definition) is 0. The number of rotatable bonds is 5. The molecule has 2 aromatic carbocycles. The first kappa shape index (κ1) is 19.4. The number of piperazine rings is 1. The number of para-hydroxylation sites is 1. The van der Waals surface area contributed by atoms with E-state index in [9.17, 15) is 13.2 Å². The molecule has 27 heavy (non-hydrogen) atoms. The van der Waals surface area contributed by atoms with Crippen LogP contribution in [0.5, 0.6) is 0 Å². The van der Waals surface area contributed by atoms with Crippen molar-refractivity contribution >= 4 is 21.6 Å². The summed E-state index contributed by atoms with van der Waals surface area (Å²) >= 11 is 0. The van der Waals surface area contributed by atoms with Gasteiger partial charge in [-0.1, -0.05) is 24.3 Å². The first-order chi connectivity index (χ1) is 12.9. The van der Waals surface area contributed by atoms with Gasteiger partial charge in [0, 0.05) is 38.3 Å². The first-order valence-electron chi connectivity index (χ1n) is 9.09. The predicted molar refractivity (Wildman–Crippen MR) is 106 cm³/mol. The topological polar surface area (TPSA) is 60.9 Å². The van der Waals surface area contributed by atoms with Crippen molar-refractivity contribution < 1.29 is 13.2 Å². The Morgan fingerprint density at radius 2 is 1.67 bits per heavy atom. The maximum atomic E-state index is 13.2. The van der Waals surface area contributed by atoms with Gasteiger partial charge in [-0.3, -0.25) is 9.10 Å². The predicted octanol–water partition coefficient (Wildman–Crippen LogP) is 2.29. The lowest BCUT2D eigenvalue weighted by Crippen LogP contribution is -2.47. The molecule has 0 aliphatic carbocycles. The molecule has 3 rings (SSSR count). The Hall–Kier alpha value is -2.38. The molecule has 0 bridgehead atoms. The van der Waals surface area contributed by atoms with E-state index in [2.05, 4.69) is 4.90 Å². The Bertz CT molecular complexity index is 892. The maximum Gasteiger partial charge on any atom is 0.264 e. The summed E-state index contributed by atoms with van der Waals surface area (Å²) in [7, 11) is -1.72. The SMILES string of the molecule is CCN(c1ccccc1)S(=O)(=O)c1cccc(C(=O)N2CCN(C)CC2)c1. The van der Waals surface area contributed by atoms with Crippen LogP contribution in [0.15, 0.2) is 59.5 Å². The molecule has 0 atom stereocenters. The molecule has 144 valence electrons. The van der Waals surface area contributed by atoms with E-state index in [0.29, 0.717) is 30.9 Å². The number of likely N-dealkylation sites (N-methyl/N-ethyl adjacent to an activating group) is 1. The van der Waals surface area contributed by atoms with Gasteiger partial charge in [0.1, 0.15) is 0 Å². The first-order valence-corrected chi connectivity index (χ1v) is 10.5. The van der Waals surface area contributed by atoms with E-state index < -0.39 is 10.0 Å².